The maximum atomic E-state index is 13.1. The molecule has 2 atom stereocenters. The highest BCUT2D eigenvalue weighted by Crippen LogP contribution is 2.32. The van der Waals surface area contributed by atoms with E-state index in [9.17, 15) is 9.90 Å². The van der Waals surface area contributed by atoms with Crippen molar-refractivity contribution in [3.8, 4) is 0 Å². The van der Waals surface area contributed by atoms with E-state index in [4.69, 9.17) is 11.6 Å². The summed E-state index contributed by atoms with van der Waals surface area (Å²) in [7, 11) is 0. The van der Waals surface area contributed by atoms with Crippen LogP contribution in [-0.4, -0.2) is 82.7 Å². The molecule has 2 heterocycles. The van der Waals surface area contributed by atoms with Crippen LogP contribution in [0.15, 0.2) is 24.3 Å². The molecule has 2 saturated heterocycles. The molecule has 3 aliphatic rings. The molecule has 3 fully saturated rings. The molecule has 1 saturated carbocycles. The molecule has 0 bridgehead atoms. The van der Waals surface area contributed by atoms with Gasteiger partial charge in [0, 0.05) is 55.4 Å². The molecule has 1 aromatic rings. The van der Waals surface area contributed by atoms with Gasteiger partial charge in [-0.25, -0.2) is 0 Å². The van der Waals surface area contributed by atoms with Crippen molar-refractivity contribution in [3.63, 3.8) is 0 Å². The lowest BCUT2D eigenvalue weighted by Gasteiger charge is -2.57. The number of hydrogen-bond acceptors (Lipinski definition) is 4. The lowest BCUT2D eigenvalue weighted by atomic mass is 9.89. The van der Waals surface area contributed by atoms with Gasteiger partial charge in [-0.15, -0.1) is 0 Å². The van der Waals surface area contributed by atoms with E-state index < -0.39 is 0 Å². The van der Waals surface area contributed by atoms with Gasteiger partial charge in [-0.1, -0.05) is 30.9 Å². The van der Waals surface area contributed by atoms with E-state index in [0.29, 0.717) is 23.2 Å². The van der Waals surface area contributed by atoms with Crippen molar-refractivity contribution in [1.29, 1.82) is 0 Å². The molecule has 0 aromatic heterocycles. The Kier molecular flexibility index (Phi) is 5.98. The van der Waals surface area contributed by atoms with Crippen molar-refractivity contribution < 1.29 is 9.90 Å². The zero-order chi connectivity index (χ0) is 19.7. The summed E-state index contributed by atoms with van der Waals surface area (Å²) in [5.74, 6) is 0.0331. The molecule has 154 valence electrons. The number of benzene rings is 1. The van der Waals surface area contributed by atoms with E-state index in [1.54, 1.807) is 24.3 Å². The van der Waals surface area contributed by atoms with Crippen molar-refractivity contribution in [2.75, 3.05) is 39.3 Å². The van der Waals surface area contributed by atoms with Crippen LogP contribution in [0.3, 0.4) is 0 Å². The zero-order valence-corrected chi connectivity index (χ0v) is 17.6. The number of amides is 1. The number of aliphatic hydroxyl groups excluding tert-OH is 1. The van der Waals surface area contributed by atoms with Crippen LogP contribution in [0, 0.1) is 0 Å². The number of piperazine rings is 2. The Labute approximate surface area is 173 Å². The van der Waals surface area contributed by atoms with Gasteiger partial charge in [0.2, 0.25) is 0 Å². The van der Waals surface area contributed by atoms with Crippen LogP contribution in [0.4, 0.5) is 0 Å². The van der Waals surface area contributed by atoms with Crippen molar-refractivity contribution in [3.05, 3.63) is 34.9 Å². The molecule has 28 heavy (non-hydrogen) atoms. The van der Waals surface area contributed by atoms with Gasteiger partial charge in [0.15, 0.2) is 0 Å². The first-order chi connectivity index (χ1) is 13.5. The van der Waals surface area contributed by atoms with Gasteiger partial charge in [0.1, 0.15) is 0 Å². The van der Waals surface area contributed by atoms with Crippen molar-refractivity contribution >= 4 is 17.5 Å². The van der Waals surface area contributed by atoms with E-state index in [1.807, 2.05) is 4.90 Å². The van der Waals surface area contributed by atoms with Gasteiger partial charge in [-0.05, 0) is 44.0 Å². The number of rotatable bonds is 3. The maximum absolute atomic E-state index is 13.1. The second-order valence-corrected chi connectivity index (χ2v) is 9.42. The first kappa shape index (κ1) is 20.1. The third-order valence-electron chi connectivity index (χ3n) is 6.98. The normalized spacial score (nSPS) is 30.2. The molecule has 0 radical (unpaired) electrons. The maximum Gasteiger partial charge on any atom is 0.253 e. The van der Waals surface area contributed by atoms with E-state index in [-0.39, 0.29) is 24.1 Å². The van der Waals surface area contributed by atoms with E-state index in [1.165, 1.54) is 32.1 Å². The van der Waals surface area contributed by atoms with Gasteiger partial charge in [-0.2, -0.15) is 0 Å². The van der Waals surface area contributed by atoms with Crippen LogP contribution in [0.1, 0.15) is 49.4 Å². The molecule has 1 amide bonds. The predicted octanol–water partition coefficient (Wildman–Crippen LogP) is 2.87. The second kappa shape index (κ2) is 8.31. The second-order valence-electron chi connectivity index (χ2n) is 8.98. The largest absolute Gasteiger partial charge is 0.394 e. The fraction of sp³-hybridized carbons (Fsp3) is 0.682. The number of aliphatic hydroxyl groups is 1. The Hall–Kier alpha value is -1.14. The molecule has 6 heteroatoms. The fourth-order valence-electron chi connectivity index (χ4n) is 5.42. The minimum atomic E-state index is -0.385. The summed E-state index contributed by atoms with van der Waals surface area (Å²) in [6.45, 7) is 6.48. The summed E-state index contributed by atoms with van der Waals surface area (Å²) < 4.78 is 0. The van der Waals surface area contributed by atoms with Crippen LogP contribution in [-0.2, 0) is 0 Å². The van der Waals surface area contributed by atoms with Crippen LogP contribution >= 0.6 is 11.6 Å². The van der Waals surface area contributed by atoms with Gasteiger partial charge in [0.05, 0.1) is 12.1 Å². The monoisotopic (exact) mass is 405 g/mol. The third-order valence-corrected chi connectivity index (χ3v) is 7.23. The molecule has 1 aliphatic carbocycles. The molecular formula is C22H32ClN3O2. The van der Waals surface area contributed by atoms with Gasteiger partial charge >= 0.3 is 0 Å². The van der Waals surface area contributed by atoms with Gasteiger partial charge < -0.3 is 10.0 Å². The average Bonchev–Trinajstić information content (AvgIpc) is 2.74. The molecule has 2 unspecified atom stereocenters. The molecule has 1 N–H and O–H groups in total. The highest BCUT2D eigenvalue weighted by atomic mass is 35.5. The Morgan fingerprint density at radius 1 is 1.11 bits per heavy atom. The summed E-state index contributed by atoms with van der Waals surface area (Å²) in [5.41, 5.74) is 0.280. The van der Waals surface area contributed by atoms with Crippen LogP contribution < -0.4 is 0 Å². The van der Waals surface area contributed by atoms with Crippen molar-refractivity contribution in [1.82, 2.24) is 14.7 Å². The van der Waals surface area contributed by atoms with Crippen LogP contribution in [0.25, 0.3) is 0 Å². The van der Waals surface area contributed by atoms with Gasteiger partial charge in [-0.3, -0.25) is 14.6 Å². The first-order valence-corrected chi connectivity index (χ1v) is 11.0. The molecule has 2 aliphatic heterocycles. The first-order valence-electron chi connectivity index (χ1n) is 10.7. The van der Waals surface area contributed by atoms with Crippen LogP contribution in [0.5, 0.6) is 0 Å². The Balaban J connectivity index is 1.51. The summed E-state index contributed by atoms with van der Waals surface area (Å²) >= 11 is 5.98. The Bertz CT molecular complexity index is 692. The van der Waals surface area contributed by atoms with E-state index in [2.05, 4.69) is 16.7 Å². The SMILES string of the molecule is CC1(CO)CN(C(=O)c2ccc(Cl)cc2)CC2CN(C3CCCCC3)CCN21. The number of carbonyl (C=O) groups excluding carboxylic acids is 1. The number of nitrogens with zero attached hydrogens (tertiary/aromatic N) is 3. The number of hydrogen-bond donors (Lipinski definition) is 1. The number of halogens is 1. The predicted molar refractivity (Wildman–Crippen MR) is 112 cm³/mol. The highest BCUT2D eigenvalue weighted by molar-refractivity contribution is 6.30. The van der Waals surface area contributed by atoms with E-state index in [0.717, 1.165) is 26.2 Å². The minimum absolute atomic E-state index is 0.0331. The van der Waals surface area contributed by atoms with E-state index >= 15 is 0 Å². The molecule has 5 nitrogen and oxygen atoms in total. The quantitative estimate of drug-likeness (QED) is 0.840. The summed E-state index contributed by atoms with van der Waals surface area (Å²) in [4.78, 5) is 20.2. The topological polar surface area (TPSA) is 47.0 Å². The smallest absolute Gasteiger partial charge is 0.253 e. The van der Waals surface area contributed by atoms with Crippen molar-refractivity contribution in [2.24, 2.45) is 0 Å². The molecule has 4 rings (SSSR count). The molecular weight excluding hydrogens is 374 g/mol. The Morgan fingerprint density at radius 3 is 2.50 bits per heavy atom. The third kappa shape index (κ3) is 3.95. The standard InChI is InChI=1S/C22H32ClN3O2/c1-22(16-27)15-25(21(28)17-7-9-18(23)10-8-17)14-20-13-24(11-12-26(20)22)19-5-3-2-4-6-19/h7-10,19-20,27H,2-6,11-16H2,1H3. The molecule has 0 spiro atoms. The average molecular weight is 406 g/mol. The summed E-state index contributed by atoms with van der Waals surface area (Å²) in [6.07, 6.45) is 6.65. The molecule has 1 aromatic carbocycles. The Morgan fingerprint density at radius 2 is 1.82 bits per heavy atom. The van der Waals surface area contributed by atoms with Crippen molar-refractivity contribution in [2.45, 2.75) is 56.7 Å². The zero-order valence-electron chi connectivity index (χ0n) is 16.8. The number of carbonyl (C=O) groups is 1. The summed E-state index contributed by atoms with van der Waals surface area (Å²) in [6, 6.07) is 8.09. The minimum Gasteiger partial charge on any atom is -0.394 e. The van der Waals surface area contributed by atoms with Gasteiger partial charge in [0.25, 0.3) is 5.91 Å². The fourth-order valence-corrected chi connectivity index (χ4v) is 5.54. The lowest BCUT2D eigenvalue weighted by molar-refractivity contribution is -0.0913. The summed E-state index contributed by atoms with van der Waals surface area (Å²) in [5, 5.41) is 10.8. The highest BCUT2D eigenvalue weighted by Gasteiger charge is 2.46. The van der Waals surface area contributed by atoms with Crippen LogP contribution in [0.2, 0.25) is 5.02 Å². The number of fused-ring (bicyclic) bond motifs is 1. The lowest BCUT2D eigenvalue weighted by Crippen LogP contribution is -2.72.